The van der Waals surface area contributed by atoms with Gasteiger partial charge in [-0.3, -0.25) is 9.98 Å². The maximum atomic E-state index is 12.2. The maximum Gasteiger partial charge on any atom is 0.338 e. The molecule has 4 N–H and O–H groups in total. The highest BCUT2D eigenvalue weighted by Gasteiger charge is 2.37. The van der Waals surface area contributed by atoms with Gasteiger partial charge in [-0.15, -0.1) is 23.5 Å². The summed E-state index contributed by atoms with van der Waals surface area (Å²) < 4.78 is 24.2. The Morgan fingerprint density at radius 1 is 0.729 bits per heavy atom. The second-order valence-electron chi connectivity index (χ2n) is 11.8. The Hall–Kier alpha value is -4.82. The number of rotatable bonds is 6. The summed E-state index contributed by atoms with van der Waals surface area (Å²) in [6.07, 6.45) is 2.27. The Labute approximate surface area is 280 Å². The van der Waals surface area contributed by atoms with Crippen LogP contribution in [0.2, 0.25) is 0 Å². The van der Waals surface area contributed by atoms with Gasteiger partial charge in [-0.2, -0.15) is 0 Å². The van der Waals surface area contributed by atoms with E-state index >= 15 is 0 Å². The van der Waals surface area contributed by atoms with Crippen molar-refractivity contribution in [3.05, 3.63) is 33.0 Å². The molecule has 0 bridgehead atoms. The molecule has 0 saturated carbocycles. The summed E-state index contributed by atoms with van der Waals surface area (Å²) in [4.78, 5) is 34.2. The van der Waals surface area contributed by atoms with E-state index in [1.54, 1.807) is 0 Å². The van der Waals surface area contributed by atoms with Crippen LogP contribution in [0.3, 0.4) is 0 Å². The molecule has 5 aromatic carbocycles. The minimum Gasteiger partial charge on any atom is -0.504 e. The van der Waals surface area contributed by atoms with Crippen molar-refractivity contribution in [1.29, 1.82) is 0 Å². The number of carbonyl (C=O) groups is 2. The molecule has 12 nitrogen and oxygen atoms in total. The lowest BCUT2D eigenvalue weighted by Crippen LogP contribution is -2.29. The zero-order chi connectivity index (χ0) is 33.9. The fraction of sp³-hybridized carbons (Fsp3) is 0.294. The largest absolute Gasteiger partial charge is 0.504 e. The third-order valence-corrected chi connectivity index (χ3v) is 11.6. The van der Waals surface area contributed by atoms with Gasteiger partial charge in [-0.05, 0) is 18.7 Å². The monoisotopic (exact) mass is 688 g/mol. The SMILES string of the molecule is COc1c(O)c2c3c(c(OC)c4c5c(OC)c6c(c7c(O)c(OC)c8c(c(c1C=C(C)C8)c24)c75)=NC(C(=O)O)SC6)SCC(C(=O)O)N=3. The Balaban J connectivity index is 1.83. The number of nitrogens with zero attached hydrogens (tertiary/aromatic N) is 2. The van der Waals surface area contributed by atoms with Gasteiger partial charge < -0.3 is 39.4 Å². The number of hydrogen-bond donors (Lipinski definition) is 4. The third-order valence-electron chi connectivity index (χ3n) is 9.36. The number of allylic oxidation sites excluding steroid dienone is 1. The standard InChI is InChI=1S/C34H28N2O10S2/c1-10-6-11-15-16-12(7-10)29(45-4)26(38)22-18(16)20(30(46-5)31-24(22)35-14(9-47-31)33(39)40)19-17(15)21(25(37)28(11)44-3)23-13(27(19)43-2)8-48-32(36-23)34(41)42/h7,14,32,37-38H,6,8-9H2,1-5H3,(H,39,40)(H,41,42). The van der Waals surface area contributed by atoms with E-state index in [2.05, 4.69) is 9.98 Å². The van der Waals surface area contributed by atoms with Crippen molar-refractivity contribution in [3.8, 4) is 34.5 Å². The second kappa shape index (κ2) is 10.6. The molecule has 1 aliphatic carbocycles. The van der Waals surface area contributed by atoms with Crippen molar-refractivity contribution in [1.82, 2.24) is 0 Å². The molecule has 2 atom stereocenters. The van der Waals surface area contributed by atoms with Crippen molar-refractivity contribution in [2.24, 2.45) is 9.98 Å². The molecule has 0 aromatic heterocycles. The number of ether oxygens (including phenoxy) is 4. The highest BCUT2D eigenvalue weighted by molar-refractivity contribution is 8.00. The summed E-state index contributed by atoms with van der Waals surface area (Å²) in [5.41, 5.74) is 2.68. The van der Waals surface area contributed by atoms with Crippen LogP contribution in [0.1, 0.15) is 23.6 Å². The first kappa shape index (κ1) is 30.5. The summed E-state index contributed by atoms with van der Waals surface area (Å²) in [5.74, 6) is -1.05. The smallest absolute Gasteiger partial charge is 0.338 e. The summed E-state index contributed by atoms with van der Waals surface area (Å²) in [5, 5.41) is 47.7. The number of thioether (sulfide) groups is 2. The first-order valence-electron chi connectivity index (χ1n) is 14.9. The van der Waals surface area contributed by atoms with Crippen LogP contribution in [0.5, 0.6) is 34.5 Å². The van der Waals surface area contributed by atoms with Crippen LogP contribution in [0, 0.1) is 0 Å². The molecule has 0 fully saturated rings. The molecule has 0 amide bonds. The number of carboxylic acids is 2. The molecule has 2 aliphatic heterocycles. The third kappa shape index (κ3) is 3.75. The van der Waals surface area contributed by atoms with Crippen LogP contribution < -0.4 is 29.7 Å². The molecule has 0 radical (unpaired) electrons. The van der Waals surface area contributed by atoms with Crippen molar-refractivity contribution in [2.75, 3.05) is 34.2 Å². The normalized spacial score (nSPS) is 18.2. The second-order valence-corrected chi connectivity index (χ2v) is 13.9. The van der Waals surface area contributed by atoms with Gasteiger partial charge in [0, 0.05) is 55.1 Å². The number of methoxy groups -OCH3 is 4. The van der Waals surface area contributed by atoms with Gasteiger partial charge >= 0.3 is 11.9 Å². The van der Waals surface area contributed by atoms with E-state index in [1.807, 2.05) is 13.0 Å². The average Bonchev–Trinajstić information content (AvgIpc) is 3.22. The Morgan fingerprint density at radius 3 is 2.00 bits per heavy atom. The van der Waals surface area contributed by atoms with E-state index < -0.39 is 23.4 Å². The maximum absolute atomic E-state index is 12.2. The number of benzene rings is 5. The van der Waals surface area contributed by atoms with Gasteiger partial charge in [0.25, 0.3) is 0 Å². The molecule has 3 aliphatic rings. The quantitative estimate of drug-likeness (QED) is 0.144. The summed E-state index contributed by atoms with van der Waals surface area (Å²) in [6, 6.07) is -1.07. The predicted octanol–water partition coefficient (Wildman–Crippen LogP) is 4.60. The highest BCUT2D eigenvalue weighted by atomic mass is 32.2. The molecule has 2 heterocycles. The summed E-state index contributed by atoms with van der Waals surface area (Å²) >= 11 is 2.38. The lowest BCUT2D eigenvalue weighted by molar-refractivity contribution is -0.138. The molecule has 5 aromatic rings. The fourth-order valence-corrected chi connectivity index (χ4v) is 9.69. The molecule has 0 spiro atoms. The highest BCUT2D eigenvalue weighted by Crippen LogP contribution is 2.58. The Morgan fingerprint density at radius 2 is 1.35 bits per heavy atom. The lowest BCUT2D eigenvalue weighted by Gasteiger charge is -2.28. The van der Waals surface area contributed by atoms with Crippen LogP contribution in [0.15, 0.2) is 20.5 Å². The number of phenolic OH excluding ortho intramolecular Hbond substituents is 2. The van der Waals surface area contributed by atoms with Crippen molar-refractivity contribution < 1.29 is 49.0 Å². The zero-order valence-electron chi connectivity index (χ0n) is 26.3. The van der Waals surface area contributed by atoms with E-state index in [0.29, 0.717) is 88.0 Å². The first-order valence-corrected chi connectivity index (χ1v) is 16.9. The molecule has 48 heavy (non-hydrogen) atoms. The predicted molar refractivity (Wildman–Crippen MR) is 182 cm³/mol. The van der Waals surface area contributed by atoms with Crippen LogP contribution in [0.25, 0.3) is 49.2 Å². The van der Waals surface area contributed by atoms with Gasteiger partial charge in [0.05, 0.1) is 54.8 Å². The van der Waals surface area contributed by atoms with Crippen LogP contribution >= 0.6 is 23.5 Å². The van der Waals surface area contributed by atoms with Crippen LogP contribution in [-0.2, 0) is 21.8 Å². The number of phenols is 2. The average molecular weight is 689 g/mol. The van der Waals surface area contributed by atoms with Crippen LogP contribution in [0.4, 0.5) is 0 Å². The van der Waals surface area contributed by atoms with E-state index in [4.69, 9.17) is 18.9 Å². The van der Waals surface area contributed by atoms with E-state index in [0.717, 1.165) is 17.3 Å². The molecular formula is C34H28N2O10S2. The number of fused-ring (bicyclic) bond motifs is 5. The topological polar surface area (TPSA) is 177 Å². The summed E-state index contributed by atoms with van der Waals surface area (Å²) in [6.45, 7) is 1.92. The van der Waals surface area contributed by atoms with Crippen molar-refractivity contribution >= 4 is 84.6 Å². The minimum absolute atomic E-state index is 0.135. The zero-order valence-corrected chi connectivity index (χ0v) is 27.9. The fourth-order valence-electron chi connectivity index (χ4n) is 7.63. The number of carboxylic acid groups (broad SMARTS) is 2. The van der Waals surface area contributed by atoms with E-state index in [1.165, 1.54) is 40.2 Å². The van der Waals surface area contributed by atoms with E-state index in [9.17, 15) is 30.0 Å². The molecule has 246 valence electrons. The molecule has 14 heteroatoms. The molecule has 0 saturated heterocycles. The van der Waals surface area contributed by atoms with Gasteiger partial charge in [0.2, 0.25) is 0 Å². The molecule has 8 rings (SSSR count). The first-order chi connectivity index (χ1) is 23.1. The lowest BCUT2D eigenvalue weighted by atomic mass is 9.82. The van der Waals surface area contributed by atoms with Gasteiger partial charge in [0.1, 0.15) is 11.5 Å². The number of aromatic hydroxyl groups is 2. The van der Waals surface area contributed by atoms with Crippen LogP contribution in [-0.4, -0.2) is 78.0 Å². The Kier molecular flexibility index (Phi) is 6.73. The van der Waals surface area contributed by atoms with Crippen molar-refractivity contribution in [2.45, 2.75) is 35.4 Å². The van der Waals surface area contributed by atoms with E-state index in [-0.39, 0.29) is 39.9 Å². The minimum atomic E-state index is -1.11. The Bertz CT molecular complexity index is 2490. The van der Waals surface area contributed by atoms with Gasteiger partial charge in [-0.1, -0.05) is 11.6 Å². The summed E-state index contributed by atoms with van der Waals surface area (Å²) in [7, 11) is 5.96. The van der Waals surface area contributed by atoms with Gasteiger partial charge in [0.15, 0.2) is 34.4 Å². The van der Waals surface area contributed by atoms with Crippen molar-refractivity contribution in [3.63, 3.8) is 0 Å². The molecule has 2 unspecified atom stereocenters. The molecular weight excluding hydrogens is 661 g/mol. The number of aliphatic carboxylic acids is 2. The van der Waals surface area contributed by atoms with Gasteiger partial charge in [-0.25, -0.2) is 9.59 Å². The number of hydrogen-bond acceptors (Lipinski definition) is 12.